The van der Waals surface area contributed by atoms with Gasteiger partial charge in [-0.1, -0.05) is 114 Å². The molecule has 1 unspecified atom stereocenters. The van der Waals surface area contributed by atoms with Gasteiger partial charge in [0.15, 0.2) is 0 Å². The fraction of sp³-hybridized carbons (Fsp3) is 0.500. The van der Waals surface area contributed by atoms with Gasteiger partial charge in [-0.25, -0.2) is 0 Å². The van der Waals surface area contributed by atoms with Crippen molar-refractivity contribution in [2.75, 3.05) is 4.90 Å². The molecule has 1 aromatic rings. The number of nitrogens with zero attached hydrogens (tertiary/aromatic N) is 1. The van der Waals surface area contributed by atoms with E-state index in [9.17, 15) is 0 Å². The van der Waals surface area contributed by atoms with Crippen molar-refractivity contribution in [3.05, 3.63) is 101 Å². The average Bonchev–Trinajstić information content (AvgIpc) is 2.77. The first-order valence-corrected chi connectivity index (χ1v) is 14.0. The molecule has 0 N–H and O–H groups in total. The maximum atomic E-state index is 4.30. The molecule has 1 aromatic carbocycles. The van der Waals surface area contributed by atoms with Crippen molar-refractivity contribution in [3.8, 4) is 0 Å². The molecule has 0 spiro atoms. The van der Waals surface area contributed by atoms with Gasteiger partial charge in [0.1, 0.15) is 0 Å². The van der Waals surface area contributed by atoms with Crippen LogP contribution < -0.4 is 4.90 Å². The first-order chi connectivity index (χ1) is 17.1. The molecule has 0 radical (unpaired) electrons. The van der Waals surface area contributed by atoms with Crippen LogP contribution in [0.5, 0.6) is 0 Å². The molecule has 2 rings (SSSR count). The second-order valence-electron chi connectivity index (χ2n) is 13.4. The summed E-state index contributed by atoms with van der Waals surface area (Å²) < 4.78 is 0. The van der Waals surface area contributed by atoms with Crippen molar-refractivity contribution >= 4 is 5.69 Å². The van der Waals surface area contributed by atoms with E-state index in [0.29, 0.717) is 11.8 Å². The van der Waals surface area contributed by atoms with Gasteiger partial charge < -0.3 is 4.90 Å². The van der Waals surface area contributed by atoms with Gasteiger partial charge in [-0.05, 0) is 80.6 Å². The van der Waals surface area contributed by atoms with E-state index in [-0.39, 0.29) is 16.9 Å². The minimum absolute atomic E-state index is 0.0973. The molecule has 0 fully saturated rings. The number of benzene rings is 1. The summed E-state index contributed by atoms with van der Waals surface area (Å²) in [6.07, 6.45) is 20.3. The molecule has 3 atom stereocenters. The minimum atomic E-state index is 0.0973. The van der Waals surface area contributed by atoms with E-state index in [2.05, 4.69) is 154 Å². The fourth-order valence-corrected chi connectivity index (χ4v) is 4.68. The van der Waals surface area contributed by atoms with Gasteiger partial charge in [0.05, 0.1) is 6.04 Å². The van der Waals surface area contributed by atoms with Gasteiger partial charge in [0, 0.05) is 17.3 Å². The summed E-state index contributed by atoms with van der Waals surface area (Å²) in [5, 5.41) is 0. The zero-order chi connectivity index (χ0) is 28.0. The lowest BCUT2D eigenvalue weighted by molar-refractivity contribution is 0.314. The summed E-state index contributed by atoms with van der Waals surface area (Å²) in [6.45, 7) is 29.2. The van der Waals surface area contributed by atoms with Crippen molar-refractivity contribution in [2.45, 2.75) is 106 Å². The second-order valence-corrected chi connectivity index (χ2v) is 13.4. The Labute approximate surface area is 229 Å². The van der Waals surface area contributed by atoms with E-state index in [1.54, 1.807) is 0 Å². The molecule has 202 valence electrons. The molecule has 1 aliphatic rings. The zero-order valence-corrected chi connectivity index (χ0v) is 25.7. The van der Waals surface area contributed by atoms with Crippen LogP contribution in [-0.2, 0) is 5.41 Å². The smallest absolute Gasteiger partial charge is 0.0558 e. The Hall–Kier alpha value is -2.54. The Morgan fingerprint density at radius 1 is 1.05 bits per heavy atom. The first kappa shape index (κ1) is 30.7. The van der Waals surface area contributed by atoms with E-state index in [4.69, 9.17) is 0 Å². The molecule has 37 heavy (non-hydrogen) atoms. The number of rotatable bonds is 9. The summed E-state index contributed by atoms with van der Waals surface area (Å²) in [5.41, 5.74) is 8.21. The third-order valence-electron chi connectivity index (χ3n) is 7.43. The van der Waals surface area contributed by atoms with Crippen LogP contribution in [0.4, 0.5) is 5.69 Å². The van der Waals surface area contributed by atoms with Crippen LogP contribution in [0.2, 0.25) is 0 Å². The summed E-state index contributed by atoms with van der Waals surface area (Å²) >= 11 is 0. The lowest BCUT2D eigenvalue weighted by Crippen LogP contribution is -2.34. The molecule has 0 aromatic heterocycles. The van der Waals surface area contributed by atoms with Crippen LogP contribution in [0.1, 0.15) is 106 Å². The minimum Gasteiger partial charge on any atom is -0.338 e. The third kappa shape index (κ3) is 9.06. The second kappa shape index (κ2) is 12.8. The van der Waals surface area contributed by atoms with E-state index in [1.165, 1.54) is 33.7 Å². The van der Waals surface area contributed by atoms with Crippen molar-refractivity contribution in [3.63, 3.8) is 0 Å². The van der Waals surface area contributed by atoms with Crippen molar-refractivity contribution in [2.24, 2.45) is 11.3 Å². The predicted octanol–water partition coefficient (Wildman–Crippen LogP) is 10.8. The van der Waals surface area contributed by atoms with Gasteiger partial charge >= 0.3 is 0 Å². The predicted molar refractivity (Wildman–Crippen MR) is 167 cm³/mol. The van der Waals surface area contributed by atoms with Gasteiger partial charge in [-0.2, -0.15) is 0 Å². The highest BCUT2D eigenvalue weighted by atomic mass is 15.2. The number of hydrogen-bond donors (Lipinski definition) is 0. The lowest BCUT2D eigenvalue weighted by Gasteiger charge is -2.37. The lowest BCUT2D eigenvalue weighted by atomic mass is 9.82. The number of allylic oxidation sites excluding steroid dienone is 9. The maximum absolute atomic E-state index is 4.30. The monoisotopic (exact) mass is 499 g/mol. The van der Waals surface area contributed by atoms with E-state index >= 15 is 0 Å². The molecular formula is C36H53N. The molecule has 0 aliphatic heterocycles. The molecule has 1 aliphatic carbocycles. The molecule has 0 heterocycles. The highest BCUT2D eigenvalue weighted by Crippen LogP contribution is 2.39. The summed E-state index contributed by atoms with van der Waals surface area (Å²) in [4.78, 5) is 2.56. The normalized spacial score (nSPS) is 18.1. The van der Waals surface area contributed by atoms with Gasteiger partial charge in [0.2, 0.25) is 0 Å². The van der Waals surface area contributed by atoms with Crippen LogP contribution in [0.3, 0.4) is 0 Å². The molecule has 0 saturated carbocycles. The van der Waals surface area contributed by atoms with Crippen molar-refractivity contribution in [1.82, 2.24) is 0 Å². The SMILES string of the molecule is C=C(C)C[C@@H](C=C(C)C)N(/C(C)=C/C=C\[C@H](C)C(C)(C)C)c1ccc(C(C)(C)C)cc1C1C=CC=CC1. The maximum Gasteiger partial charge on any atom is 0.0558 e. The van der Waals surface area contributed by atoms with Gasteiger partial charge in [0.25, 0.3) is 0 Å². The van der Waals surface area contributed by atoms with Crippen molar-refractivity contribution < 1.29 is 0 Å². The topological polar surface area (TPSA) is 3.24 Å². The summed E-state index contributed by atoms with van der Waals surface area (Å²) in [5.74, 6) is 0.862. The fourth-order valence-electron chi connectivity index (χ4n) is 4.68. The van der Waals surface area contributed by atoms with E-state index < -0.39 is 0 Å². The number of anilines is 1. The van der Waals surface area contributed by atoms with Crippen LogP contribution in [0.15, 0.2) is 90.2 Å². The first-order valence-electron chi connectivity index (χ1n) is 14.0. The molecule has 0 bridgehead atoms. The molecular weight excluding hydrogens is 446 g/mol. The standard InChI is InChI=1S/C36H53N/c1-26(2)23-32(24-27(3)4)37(29(6)18-16-17-28(5)35(7,8)9)34-22-21-31(36(10,11)12)25-33(34)30-19-14-13-15-20-30/h13-19,21-22,24-25,28,30,32H,1,20,23H2,2-12H3/b17-16-,29-18+/t28-,30?,32-/m0/s1. The quantitative estimate of drug-likeness (QED) is 0.241. The van der Waals surface area contributed by atoms with Crippen LogP contribution >= 0.6 is 0 Å². The highest BCUT2D eigenvalue weighted by Gasteiger charge is 2.26. The average molecular weight is 500 g/mol. The van der Waals surface area contributed by atoms with Crippen molar-refractivity contribution in [1.29, 1.82) is 0 Å². The Kier molecular flexibility index (Phi) is 10.6. The summed E-state index contributed by atoms with van der Waals surface area (Å²) in [7, 11) is 0. The Bertz CT molecular complexity index is 1070. The van der Waals surface area contributed by atoms with Crippen LogP contribution in [0.25, 0.3) is 0 Å². The zero-order valence-electron chi connectivity index (χ0n) is 25.7. The van der Waals surface area contributed by atoms with Crippen LogP contribution in [0, 0.1) is 11.3 Å². The Morgan fingerprint density at radius 3 is 2.24 bits per heavy atom. The van der Waals surface area contributed by atoms with E-state index in [0.717, 1.165) is 12.8 Å². The molecule has 1 nitrogen and oxygen atoms in total. The highest BCUT2D eigenvalue weighted by molar-refractivity contribution is 5.64. The Morgan fingerprint density at radius 2 is 1.73 bits per heavy atom. The van der Waals surface area contributed by atoms with E-state index in [1.807, 2.05) is 0 Å². The van der Waals surface area contributed by atoms with Gasteiger partial charge in [-0.3, -0.25) is 0 Å². The molecule has 0 amide bonds. The number of hydrogen-bond acceptors (Lipinski definition) is 1. The third-order valence-corrected chi connectivity index (χ3v) is 7.43. The summed E-state index contributed by atoms with van der Waals surface area (Å²) in [6, 6.07) is 7.36. The van der Waals surface area contributed by atoms with Crippen LogP contribution in [-0.4, -0.2) is 6.04 Å². The van der Waals surface area contributed by atoms with Gasteiger partial charge in [-0.15, -0.1) is 6.58 Å². The molecule has 0 saturated heterocycles. The largest absolute Gasteiger partial charge is 0.338 e. The Balaban J connectivity index is 2.75. The molecule has 1 heteroatoms.